The van der Waals surface area contributed by atoms with Crippen molar-refractivity contribution in [1.29, 1.82) is 0 Å². The number of aromatic nitrogens is 3. The molecule has 0 unspecified atom stereocenters. The maximum atomic E-state index is 12.9. The Hall–Kier alpha value is -3.76. The maximum Gasteiger partial charge on any atom is 0.261 e. The van der Waals surface area contributed by atoms with Gasteiger partial charge in [0, 0.05) is 17.8 Å². The lowest BCUT2D eigenvalue weighted by molar-refractivity contribution is 0.0920. The van der Waals surface area contributed by atoms with Gasteiger partial charge in [0.25, 0.3) is 11.8 Å². The number of aliphatic hydroxyl groups is 1. The summed E-state index contributed by atoms with van der Waals surface area (Å²) in [4.78, 5) is 30.5. The molecule has 5 N–H and O–H groups in total. The van der Waals surface area contributed by atoms with Gasteiger partial charge >= 0.3 is 0 Å². The van der Waals surface area contributed by atoms with Gasteiger partial charge < -0.3 is 21.5 Å². The van der Waals surface area contributed by atoms with E-state index in [1.165, 1.54) is 15.9 Å². The molecule has 10 heteroatoms. The van der Waals surface area contributed by atoms with Crippen LogP contribution in [0.3, 0.4) is 0 Å². The first-order chi connectivity index (χ1) is 16.4. The maximum absolute atomic E-state index is 12.9. The summed E-state index contributed by atoms with van der Waals surface area (Å²) in [6.45, 7) is 3.53. The van der Waals surface area contributed by atoms with Gasteiger partial charge in [-0.3, -0.25) is 9.59 Å². The van der Waals surface area contributed by atoms with Crippen LogP contribution in [0.2, 0.25) is 0 Å². The average molecular weight is 479 g/mol. The normalized spacial score (nSPS) is 12.9. The standard InChI is InChI=1S/C24H26N6O3S/c1-3-19(15-7-5-4-6-8-15)27-23(33)20-10-17(13-34-20)16-9-18(22(32)26-14(2)12-31)21-28-24(25)29-30(21)11-16/h4-11,13-14,19,31H,3,12H2,1-2H3,(H2,25,29)(H,26,32)(H,27,33)/t14-,19-/m0/s1. The zero-order valence-electron chi connectivity index (χ0n) is 18.9. The number of fused-ring (bicyclic) bond motifs is 1. The first kappa shape index (κ1) is 23.4. The molecule has 3 heterocycles. The minimum Gasteiger partial charge on any atom is -0.394 e. The Morgan fingerprint density at radius 2 is 1.91 bits per heavy atom. The fourth-order valence-electron chi connectivity index (χ4n) is 3.62. The molecule has 3 aromatic heterocycles. The second kappa shape index (κ2) is 10.0. The van der Waals surface area contributed by atoms with E-state index < -0.39 is 11.9 Å². The lowest BCUT2D eigenvalue weighted by Gasteiger charge is -2.16. The van der Waals surface area contributed by atoms with Crippen LogP contribution in [0.15, 0.2) is 54.0 Å². The Bertz CT molecular complexity index is 1320. The molecule has 2 amide bonds. The molecule has 2 atom stereocenters. The smallest absolute Gasteiger partial charge is 0.261 e. The molecule has 4 rings (SSSR count). The summed E-state index contributed by atoms with van der Waals surface area (Å²) in [7, 11) is 0. The van der Waals surface area contributed by atoms with Gasteiger partial charge in [-0.25, -0.2) is 4.52 Å². The van der Waals surface area contributed by atoms with Crippen molar-refractivity contribution in [3.8, 4) is 11.1 Å². The molecule has 1 aromatic carbocycles. The summed E-state index contributed by atoms with van der Waals surface area (Å²) in [5.74, 6) is -0.520. The zero-order valence-corrected chi connectivity index (χ0v) is 19.7. The van der Waals surface area contributed by atoms with Crippen LogP contribution in [0.5, 0.6) is 0 Å². The number of nitrogens with one attached hydrogen (secondary N) is 2. The highest BCUT2D eigenvalue weighted by atomic mass is 32.1. The molecule has 0 spiro atoms. The lowest BCUT2D eigenvalue weighted by atomic mass is 10.0. The quantitative estimate of drug-likeness (QED) is 0.307. The predicted molar refractivity (Wildman–Crippen MR) is 132 cm³/mol. The molecular weight excluding hydrogens is 452 g/mol. The van der Waals surface area contributed by atoms with Crippen molar-refractivity contribution in [1.82, 2.24) is 25.2 Å². The third-order valence-corrected chi connectivity index (χ3v) is 6.35. The van der Waals surface area contributed by atoms with Crippen LogP contribution < -0.4 is 16.4 Å². The van der Waals surface area contributed by atoms with E-state index in [1.54, 1.807) is 25.3 Å². The van der Waals surface area contributed by atoms with E-state index in [2.05, 4.69) is 20.7 Å². The van der Waals surface area contributed by atoms with Gasteiger partial charge in [-0.2, -0.15) is 4.98 Å². The molecule has 0 bridgehead atoms. The van der Waals surface area contributed by atoms with E-state index in [4.69, 9.17) is 5.73 Å². The summed E-state index contributed by atoms with van der Waals surface area (Å²) >= 11 is 1.32. The molecular formula is C24H26N6O3S. The van der Waals surface area contributed by atoms with Crippen molar-refractivity contribution in [3.05, 3.63) is 70.0 Å². The van der Waals surface area contributed by atoms with Crippen molar-refractivity contribution in [3.63, 3.8) is 0 Å². The fourth-order valence-corrected chi connectivity index (χ4v) is 4.44. The minimum atomic E-state index is -0.427. The molecule has 9 nitrogen and oxygen atoms in total. The Balaban J connectivity index is 1.62. The Morgan fingerprint density at radius 1 is 1.15 bits per heavy atom. The lowest BCUT2D eigenvalue weighted by Crippen LogP contribution is -2.35. The summed E-state index contributed by atoms with van der Waals surface area (Å²) in [6, 6.07) is 12.8. The number of anilines is 1. The number of hydrogen-bond acceptors (Lipinski definition) is 7. The Labute approximate surface area is 200 Å². The van der Waals surface area contributed by atoms with E-state index >= 15 is 0 Å². The monoisotopic (exact) mass is 478 g/mol. The van der Waals surface area contributed by atoms with E-state index in [9.17, 15) is 14.7 Å². The number of aliphatic hydroxyl groups excluding tert-OH is 1. The van der Waals surface area contributed by atoms with Crippen LogP contribution in [-0.2, 0) is 0 Å². The van der Waals surface area contributed by atoms with Crippen molar-refractivity contribution in [2.24, 2.45) is 0 Å². The largest absolute Gasteiger partial charge is 0.394 e. The van der Waals surface area contributed by atoms with Crippen LogP contribution in [0.4, 0.5) is 5.95 Å². The molecule has 0 aliphatic heterocycles. The van der Waals surface area contributed by atoms with E-state index in [1.807, 2.05) is 42.6 Å². The number of hydrogen-bond donors (Lipinski definition) is 4. The number of nitrogens with two attached hydrogens (primary N) is 1. The van der Waals surface area contributed by atoms with Crippen molar-refractivity contribution < 1.29 is 14.7 Å². The van der Waals surface area contributed by atoms with Crippen LogP contribution in [0.25, 0.3) is 16.8 Å². The predicted octanol–water partition coefficient (Wildman–Crippen LogP) is 3.03. The topological polar surface area (TPSA) is 135 Å². The average Bonchev–Trinajstić information content (AvgIpc) is 3.48. The number of thiophene rings is 1. The molecule has 176 valence electrons. The van der Waals surface area contributed by atoms with Gasteiger partial charge in [0.1, 0.15) is 0 Å². The number of pyridine rings is 1. The first-order valence-corrected chi connectivity index (χ1v) is 11.8. The molecule has 0 fully saturated rings. The molecule has 0 radical (unpaired) electrons. The van der Waals surface area contributed by atoms with E-state index in [0.29, 0.717) is 16.1 Å². The van der Waals surface area contributed by atoms with Crippen LogP contribution in [0.1, 0.15) is 51.9 Å². The van der Waals surface area contributed by atoms with E-state index in [-0.39, 0.29) is 30.1 Å². The van der Waals surface area contributed by atoms with Gasteiger partial charge in [0.2, 0.25) is 5.95 Å². The van der Waals surface area contributed by atoms with Gasteiger partial charge in [-0.1, -0.05) is 37.3 Å². The number of benzene rings is 1. The Morgan fingerprint density at radius 3 is 2.62 bits per heavy atom. The molecule has 34 heavy (non-hydrogen) atoms. The summed E-state index contributed by atoms with van der Waals surface area (Å²) < 4.78 is 1.45. The van der Waals surface area contributed by atoms with E-state index in [0.717, 1.165) is 17.5 Å². The number of amides is 2. The second-order valence-electron chi connectivity index (χ2n) is 7.98. The number of nitrogen functional groups attached to an aromatic ring is 1. The molecule has 0 saturated carbocycles. The number of nitrogens with zero attached hydrogens (tertiary/aromatic N) is 3. The van der Waals surface area contributed by atoms with Crippen molar-refractivity contribution in [2.75, 3.05) is 12.3 Å². The third kappa shape index (κ3) is 4.92. The highest BCUT2D eigenvalue weighted by Gasteiger charge is 2.20. The molecule has 0 aliphatic rings. The number of rotatable bonds is 8. The molecule has 0 saturated heterocycles. The van der Waals surface area contributed by atoms with Gasteiger partial charge in [0.05, 0.1) is 23.1 Å². The summed E-state index contributed by atoms with van der Waals surface area (Å²) in [6.07, 6.45) is 2.48. The van der Waals surface area contributed by atoms with Crippen LogP contribution in [-0.4, -0.2) is 44.2 Å². The highest BCUT2D eigenvalue weighted by Crippen LogP contribution is 2.28. The SMILES string of the molecule is CC[C@H](NC(=O)c1cc(-c2cc(C(=O)N[C@@H](C)CO)c3nc(N)nn3c2)cs1)c1ccccc1. The summed E-state index contributed by atoms with van der Waals surface area (Å²) in [5.41, 5.74) is 8.85. The second-order valence-corrected chi connectivity index (χ2v) is 8.89. The van der Waals surface area contributed by atoms with Crippen molar-refractivity contribution >= 4 is 34.7 Å². The van der Waals surface area contributed by atoms with Crippen LogP contribution in [0, 0.1) is 0 Å². The van der Waals surface area contributed by atoms with Gasteiger partial charge in [-0.15, -0.1) is 16.4 Å². The Kier molecular flexibility index (Phi) is 6.90. The van der Waals surface area contributed by atoms with Crippen molar-refractivity contribution in [2.45, 2.75) is 32.4 Å². The zero-order chi connectivity index (χ0) is 24.2. The van der Waals surface area contributed by atoms with Crippen LogP contribution >= 0.6 is 11.3 Å². The molecule has 0 aliphatic carbocycles. The highest BCUT2D eigenvalue weighted by molar-refractivity contribution is 7.12. The summed E-state index contributed by atoms with van der Waals surface area (Å²) in [5, 5.41) is 21.1. The molecule has 4 aromatic rings. The van der Waals surface area contributed by atoms with Gasteiger partial charge in [-0.05, 0) is 42.0 Å². The number of carbonyl (C=O) groups excluding carboxylic acids is 2. The third-order valence-electron chi connectivity index (χ3n) is 5.42. The van der Waals surface area contributed by atoms with Gasteiger partial charge in [0.15, 0.2) is 5.65 Å². The minimum absolute atomic E-state index is 0.0401. The number of carbonyl (C=O) groups is 2. The fraction of sp³-hybridized carbons (Fsp3) is 0.250. The first-order valence-electron chi connectivity index (χ1n) is 10.9.